The molecule has 2 aromatic rings. The Morgan fingerprint density at radius 3 is 2.71 bits per heavy atom. The van der Waals surface area contributed by atoms with E-state index in [1.54, 1.807) is 4.90 Å². The Kier molecular flexibility index (Phi) is 3.82. The molecule has 0 saturated heterocycles. The van der Waals surface area contributed by atoms with Crippen molar-refractivity contribution in [1.29, 1.82) is 0 Å². The second-order valence-corrected chi connectivity index (χ2v) is 6.62. The number of hydrogen-bond donors (Lipinski definition) is 1. The summed E-state index contributed by atoms with van der Waals surface area (Å²) in [5.74, 6) is 1.37. The van der Waals surface area contributed by atoms with Gasteiger partial charge in [-0.2, -0.15) is 0 Å². The van der Waals surface area contributed by atoms with Crippen molar-refractivity contribution in [2.75, 3.05) is 13.3 Å². The Morgan fingerprint density at radius 2 is 1.88 bits per heavy atom. The number of rotatable bonds is 4. The number of thioether (sulfide) groups is 1. The molecular formula is C18H15NO4S. The van der Waals surface area contributed by atoms with E-state index in [1.165, 1.54) is 11.8 Å². The molecule has 1 amide bonds. The minimum atomic E-state index is -0.154. The smallest absolute Gasteiger partial charge is 0.264 e. The Bertz CT molecular complexity index is 819. The Balaban J connectivity index is 1.48. The first-order valence-corrected chi connectivity index (χ1v) is 8.35. The highest BCUT2D eigenvalue weighted by atomic mass is 32.2. The lowest BCUT2D eigenvalue weighted by atomic mass is 10.2. The van der Waals surface area contributed by atoms with Crippen LogP contribution >= 0.6 is 11.8 Å². The molecule has 0 fully saturated rings. The molecule has 5 nitrogen and oxygen atoms in total. The van der Waals surface area contributed by atoms with Gasteiger partial charge in [-0.15, -0.1) is 0 Å². The van der Waals surface area contributed by atoms with Crippen molar-refractivity contribution in [1.82, 2.24) is 4.90 Å². The maximum absolute atomic E-state index is 12.6. The standard InChI is InChI=1S/C18H15NO4S/c20-14-10-19(9-12-6-7-15-16(8-12)23-11-22-15)18(21)17(14)24-13-4-2-1-3-5-13/h1-8,20H,9-11H2. The van der Waals surface area contributed by atoms with Crippen molar-refractivity contribution in [3.05, 3.63) is 64.8 Å². The van der Waals surface area contributed by atoms with Crippen LogP contribution in [0.15, 0.2) is 64.1 Å². The van der Waals surface area contributed by atoms with Crippen molar-refractivity contribution < 1.29 is 19.4 Å². The van der Waals surface area contributed by atoms with Gasteiger partial charge >= 0.3 is 0 Å². The van der Waals surface area contributed by atoms with Crippen LogP contribution in [-0.4, -0.2) is 29.3 Å². The zero-order valence-corrected chi connectivity index (χ0v) is 13.6. The molecule has 0 saturated carbocycles. The summed E-state index contributed by atoms with van der Waals surface area (Å²) >= 11 is 1.30. The molecule has 0 spiro atoms. The van der Waals surface area contributed by atoms with E-state index in [0.717, 1.165) is 10.5 Å². The zero-order chi connectivity index (χ0) is 16.5. The first-order valence-electron chi connectivity index (χ1n) is 7.53. The normalized spacial score (nSPS) is 16.2. The lowest BCUT2D eigenvalue weighted by Crippen LogP contribution is -2.26. The Morgan fingerprint density at radius 1 is 1.08 bits per heavy atom. The number of fused-ring (bicyclic) bond motifs is 1. The first kappa shape index (κ1) is 15.0. The first-order chi connectivity index (χ1) is 11.7. The number of aliphatic hydroxyl groups excluding tert-OH is 1. The summed E-state index contributed by atoms with van der Waals surface area (Å²) < 4.78 is 10.7. The van der Waals surface area contributed by atoms with Crippen molar-refractivity contribution >= 4 is 17.7 Å². The third-order valence-electron chi connectivity index (χ3n) is 3.86. The topological polar surface area (TPSA) is 59.0 Å². The van der Waals surface area contributed by atoms with Gasteiger partial charge in [0, 0.05) is 11.4 Å². The molecule has 0 radical (unpaired) electrons. The molecular weight excluding hydrogens is 326 g/mol. The molecule has 0 unspecified atom stereocenters. The molecule has 2 aromatic carbocycles. The number of amides is 1. The van der Waals surface area contributed by atoms with Gasteiger partial charge in [0.05, 0.1) is 6.54 Å². The SMILES string of the molecule is O=C1C(Sc2ccccc2)=C(O)CN1Cc1ccc2c(c1)OCO2. The van der Waals surface area contributed by atoms with Crippen molar-refractivity contribution in [3.63, 3.8) is 0 Å². The number of benzene rings is 2. The zero-order valence-electron chi connectivity index (χ0n) is 12.8. The average molecular weight is 341 g/mol. The molecule has 0 aliphatic carbocycles. The van der Waals surface area contributed by atoms with E-state index < -0.39 is 0 Å². The van der Waals surface area contributed by atoms with Gasteiger partial charge in [0.25, 0.3) is 5.91 Å². The summed E-state index contributed by atoms with van der Waals surface area (Å²) in [4.78, 5) is 15.5. The van der Waals surface area contributed by atoms with E-state index in [0.29, 0.717) is 22.9 Å². The minimum Gasteiger partial charge on any atom is -0.509 e. The highest BCUT2D eigenvalue weighted by Crippen LogP contribution is 2.36. The monoisotopic (exact) mass is 341 g/mol. The van der Waals surface area contributed by atoms with Crippen molar-refractivity contribution in [2.45, 2.75) is 11.4 Å². The summed E-state index contributed by atoms with van der Waals surface area (Å²) in [6.07, 6.45) is 0. The van der Waals surface area contributed by atoms with Crippen LogP contribution in [0.25, 0.3) is 0 Å². The van der Waals surface area contributed by atoms with E-state index in [9.17, 15) is 9.90 Å². The Labute approximate surface area is 143 Å². The minimum absolute atomic E-state index is 0.120. The van der Waals surface area contributed by atoms with E-state index in [2.05, 4.69) is 0 Å². The molecule has 4 rings (SSSR count). The second-order valence-electron chi connectivity index (χ2n) is 5.54. The van der Waals surface area contributed by atoms with E-state index in [4.69, 9.17) is 9.47 Å². The average Bonchev–Trinajstić information content (AvgIpc) is 3.16. The third-order valence-corrected chi connectivity index (χ3v) is 4.98. The van der Waals surface area contributed by atoms with E-state index >= 15 is 0 Å². The number of nitrogens with zero attached hydrogens (tertiary/aromatic N) is 1. The molecule has 24 heavy (non-hydrogen) atoms. The second kappa shape index (κ2) is 6.13. The maximum atomic E-state index is 12.6. The van der Waals surface area contributed by atoms with E-state index in [1.807, 2.05) is 48.5 Å². The van der Waals surface area contributed by atoms with Gasteiger partial charge in [-0.25, -0.2) is 0 Å². The van der Waals surface area contributed by atoms with Crippen LogP contribution < -0.4 is 9.47 Å². The quantitative estimate of drug-likeness (QED) is 0.924. The fraction of sp³-hybridized carbons (Fsp3) is 0.167. The van der Waals surface area contributed by atoms with Gasteiger partial charge in [-0.3, -0.25) is 4.79 Å². The molecule has 2 heterocycles. The molecule has 1 N–H and O–H groups in total. The fourth-order valence-corrected chi connectivity index (χ4v) is 3.62. The van der Waals surface area contributed by atoms with Crippen LogP contribution in [-0.2, 0) is 11.3 Å². The maximum Gasteiger partial charge on any atom is 0.264 e. The van der Waals surface area contributed by atoms with Gasteiger partial charge in [-0.1, -0.05) is 36.0 Å². The highest BCUT2D eigenvalue weighted by Gasteiger charge is 2.31. The highest BCUT2D eigenvalue weighted by molar-refractivity contribution is 8.04. The van der Waals surface area contributed by atoms with E-state index in [-0.39, 0.29) is 25.0 Å². The Hall–Kier alpha value is -2.60. The number of carbonyl (C=O) groups is 1. The number of hydrogen-bond acceptors (Lipinski definition) is 5. The largest absolute Gasteiger partial charge is 0.509 e. The van der Waals surface area contributed by atoms with Gasteiger partial charge in [0.1, 0.15) is 10.7 Å². The lowest BCUT2D eigenvalue weighted by molar-refractivity contribution is -0.125. The summed E-state index contributed by atoms with van der Waals surface area (Å²) in [6.45, 7) is 0.864. The molecule has 0 bridgehead atoms. The third kappa shape index (κ3) is 2.80. The van der Waals surface area contributed by atoms with Gasteiger partial charge in [-0.05, 0) is 29.8 Å². The number of carbonyl (C=O) groups excluding carboxylic acids is 1. The summed E-state index contributed by atoms with van der Waals surface area (Å²) in [5.41, 5.74) is 0.936. The van der Waals surface area contributed by atoms with Crippen LogP contribution in [0.4, 0.5) is 0 Å². The summed E-state index contributed by atoms with van der Waals surface area (Å²) in [6, 6.07) is 15.2. The van der Waals surface area contributed by atoms with Gasteiger partial charge in [0.15, 0.2) is 11.5 Å². The van der Waals surface area contributed by atoms with Crippen molar-refractivity contribution in [3.8, 4) is 11.5 Å². The molecule has 2 aliphatic rings. The summed E-state index contributed by atoms with van der Waals surface area (Å²) in [5, 5.41) is 10.2. The van der Waals surface area contributed by atoms with Gasteiger partial charge < -0.3 is 19.5 Å². The van der Waals surface area contributed by atoms with Crippen LogP contribution in [0.2, 0.25) is 0 Å². The molecule has 0 aromatic heterocycles. The van der Waals surface area contributed by atoms with Crippen LogP contribution in [0.3, 0.4) is 0 Å². The lowest BCUT2D eigenvalue weighted by Gasteiger charge is -2.16. The van der Waals surface area contributed by atoms with Crippen LogP contribution in [0, 0.1) is 0 Å². The van der Waals surface area contributed by atoms with Crippen LogP contribution in [0.1, 0.15) is 5.56 Å². The van der Waals surface area contributed by atoms with Gasteiger partial charge in [0.2, 0.25) is 6.79 Å². The fourth-order valence-electron chi connectivity index (χ4n) is 2.69. The number of aliphatic hydroxyl groups is 1. The number of ether oxygens (including phenoxy) is 2. The molecule has 2 aliphatic heterocycles. The van der Waals surface area contributed by atoms with Crippen molar-refractivity contribution in [2.24, 2.45) is 0 Å². The molecule has 122 valence electrons. The van der Waals surface area contributed by atoms with Crippen LogP contribution in [0.5, 0.6) is 11.5 Å². The summed E-state index contributed by atoms with van der Waals surface area (Å²) in [7, 11) is 0. The predicted molar refractivity (Wildman–Crippen MR) is 89.9 cm³/mol. The molecule has 0 atom stereocenters. The predicted octanol–water partition coefficient (Wildman–Crippen LogP) is 3.32. The molecule has 6 heteroatoms.